The van der Waals surface area contributed by atoms with Crippen LogP contribution in [0.1, 0.15) is 50.4 Å². The Balaban J connectivity index is 1.80. The SMILES string of the molecule is CC12CCC(C(OC(=O)c3ccccc3)C1)C(C)(C)N2O. The number of piperidine rings is 2. The first kappa shape index (κ1) is 14.5. The van der Waals surface area contributed by atoms with E-state index in [0.29, 0.717) is 12.0 Å². The van der Waals surface area contributed by atoms with E-state index in [1.54, 1.807) is 12.1 Å². The Morgan fingerprint density at radius 2 is 1.95 bits per heavy atom. The average molecular weight is 289 g/mol. The molecule has 21 heavy (non-hydrogen) atoms. The molecule has 2 bridgehead atoms. The summed E-state index contributed by atoms with van der Waals surface area (Å²) < 4.78 is 5.78. The molecule has 4 heteroatoms. The van der Waals surface area contributed by atoms with Crippen LogP contribution in [-0.2, 0) is 4.74 Å². The molecule has 3 aliphatic rings. The first-order chi connectivity index (χ1) is 9.84. The maximum Gasteiger partial charge on any atom is 0.338 e. The second-order valence-corrected chi connectivity index (χ2v) is 7.12. The Kier molecular flexibility index (Phi) is 3.34. The number of esters is 1. The van der Waals surface area contributed by atoms with Gasteiger partial charge in [0.2, 0.25) is 0 Å². The number of hydrogen-bond donors (Lipinski definition) is 1. The molecule has 2 aliphatic heterocycles. The highest BCUT2D eigenvalue weighted by atomic mass is 16.5. The minimum absolute atomic E-state index is 0.130. The first-order valence-corrected chi connectivity index (χ1v) is 7.60. The Morgan fingerprint density at radius 1 is 1.29 bits per heavy atom. The van der Waals surface area contributed by atoms with E-state index in [1.165, 1.54) is 5.06 Å². The minimum atomic E-state index is -0.368. The molecule has 4 nitrogen and oxygen atoms in total. The highest BCUT2D eigenvalue weighted by Gasteiger charge is 2.58. The van der Waals surface area contributed by atoms with E-state index in [1.807, 2.05) is 39.0 Å². The summed E-state index contributed by atoms with van der Waals surface area (Å²) in [5.41, 5.74) is -0.0880. The fraction of sp³-hybridized carbons (Fsp3) is 0.588. The van der Waals surface area contributed by atoms with Gasteiger partial charge in [-0.2, -0.15) is 5.06 Å². The summed E-state index contributed by atoms with van der Waals surface area (Å²) in [7, 11) is 0. The van der Waals surface area contributed by atoms with Crippen LogP contribution in [0.2, 0.25) is 0 Å². The van der Waals surface area contributed by atoms with E-state index in [2.05, 4.69) is 0 Å². The number of hydroxylamine groups is 2. The molecule has 1 saturated carbocycles. The maximum atomic E-state index is 12.3. The van der Waals surface area contributed by atoms with Crippen molar-refractivity contribution in [1.82, 2.24) is 5.06 Å². The van der Waals surface area contributed by atoms with Gasteiger partial charge < -0.3 is 9.94 Å². The van der Waals surface area contributed by atoms with Crippen LogP contribution in [0, 0.1) is 5.92 Å². The second kappa shape index (κ2) is 4.82. The molecule has 4 rings (SSSR count). The van der Waals surface area contributed by atoms with Crippen LogP contribution in [0.3, 0.4) is 0 Å². The predicted molar refractivity (Wildman–Crippen MR) is 79.1 cm³/mol. The Morgan fingerprint density at radius 3 is 2.57 bits per heavy atom. The van der Waals surface area contributed by atoms with Gasteiger partial charge in [0.25, 0.3) is 0 Å². The van der Waals surface area contributed by atoms with Crippen molar-refractivity contribution < 1.29 is 14.7 Å². The van der Waals surface area contributed by atoms with Gasteiger partial charge in [-0.3, -0.25) is 0 Å². The van der Waals surface area contributed by atoms with Gasteiger partial charge in [0.15, 0.2) is 0 Å². The largest absolute Gasteiger partial charge is 0.458 e. The van der Waals surface area contributed by atoms with Crippen molar-refractivity contribution in [3.8, 4) is 0 Å². The highest BCUT2D eigenvalue weighted by molar-refractivity contribution is 5.89. The van der Waals surface area contributed by atoms with Crippen molar-refractivity contribution in [3.05, 3.63) is 35.9 Å². The number of nitrogens with zero attached hydrogens (tertiary/aromatic N) is 1. The zero-order chi connectivity index (χ0) is 15.3. The number of carbonyl (C=O) groups is 1. The minimum Gasteiger partial charge on any atom is -0.458 e. The molecular formula is C17H23NO3. The van der Waals surface area contributed by atoms with Gasteiger partial charge in [-0.15, -0.1) is 0 Å². The van der Waals surface area contributed by atoms with Crippen molar-refractivity contribution in [1.29, 1.82) is 0 Å². The van der Waals surface area contributed by atoms with Crippen LogP contribution in [-0.4, -0.2) is 33.4 Å². The number of benzene rings is 1. The van der Waals surface area contributed by atoms with Crippen LogP contribution in [0.4, 0.5) is 0 Å². The van der Waals surface area contributed by atoms with Gasteiger partial charge in [0.1, 0.15) is 6.10 Å². The fourth-order valence-electron chi connectivity index (χ4n) is 4.09. The van der Waals surface area contributed by atoms with Crippen LogP contribution in [0.15, 0.2) is 30.3 Å². The summed E-state index contributed by atoms with van der Waals surface area (Å²) in [4.78, 5) is 12.3. The van der Waals surface area contributed by atoms with Crippen LogP contribution >= 0.6 is 0 Å². The Labute approximate surface area is 125 Å². The molecule has 0 amide bonds. The van der Waals surface area contributed by atoms with Crippen LogP contribution in [0.5, 0.6) is 0 Å². The molecule has 3 fully saturated rings. The summed E-state index contributed by atoms with van der Waals surface area (Å²) in [5.74, 6) is -0.103. The molecule has 3 atom stereocenters. The predicted octanol–water partition coefficient (Wildman–Crippen LogP) is 3.25. The topological polar surface area (TPSA) is 49.8 Å². The maximum absolute atomic E-state index is 12.3. The van der Waals surface area contributed by atoms with Crippen molar-refractivity contribution >= 4 is 5.97 Å². The standard InChI is InChI=1S/C17H23NO3/c1-16(2)13-9-10-17(3,18(16)20)11-14(13)21-15(19)12-7-5-4-6-8-12/h4-8,13-14,20H,9-11H2,1-3H3. The van der Waals surface area contributed by atoms with Gasteiger partial charge in [0.05, 0.1) is 5.56 Å². The Bertz CT molecular complexity index is 537. The van der Waals surface area contributed by atoms with Gasteiger partial charge in [-0.05, 0) is 45.7 Å². The summed E-state index contributed by atoms with van der Waals surface area (Å²) in [6, 6.07) is 9.10. The molecule has 3 unspecified atom stereocenters. The second-order valence-electron chi connectivity index (χ2n) is 7.12. The number of hydrogen-bond acceptors (Lipinski definition) is 4. The lowest BCUT2D eigenvalue weighted by atomic mass is 9.62. The van der Waals surface area contributed by atoms with Crippen molar-refractivity contribution in [2.45, 2.75) is 57.2 Å². The van der Waals surface area contributed by atoms with Crippen molar-refractivity contribution in [2.75, 3.05) is 0 Å². The first-order valence-electron chi connectivity index (χ1n) is 7.60. The van der Waals surface area contributed by atoms with E-state index in [4.69, 9.17) is 4.74 Å². The Hall–Kier alpha value is -1.39. The lowest BCUT2D eigenvalue weighted by Crippen LogP contribution is -2.70. The van der Waals surface area contributed by atoms with Crippen LogP contribution in [0.25, 0.3) is 0 Å². The molecule has 0 aromatic heterocycles. The molecular weight excluding hydrogens is 266 g/mol. The number of rotatable bonds is 2. The molecule has 1 aromatic carbocycles. The number of carbonyl (C=O) groups excluding carboxylic acids is 1. The van der Waals surface area contributed by atoms with Gasteiger partial charge in [-0.25, -0.2) is 4.79 Å². The molecule has 2 heterocycles. The third-order valence-corrected chi connectivity index (χ3v) is 5.32. The van der Waals surface area contributed by atoms with Gasteiger partial charge in [0, 0.05) is 23.4 Å². The highest BCUT2D eigenvalue weighted by Crippen LogP contribution is 2.51. The molecule has 1 aromatic rings. The summed E-state index contributed by atoms with van der Waals surface area (Å²) >= 11 is 0. The average Bonchev–Trinajstić information content (AvgIpc) is 2.45. The molecule has 114 valence electrons. The molecule has 1 aliphatic carbocycles. The summed E-state index contributed by atoms with van der Waals surface area (Å²) in [6.45, 7) is 6.10. The molecule has 1 N–H and O–H groups in total. The van der Waals surface area contributed by atoms with E-state index < -0.39 is 0 Å². The smallest absolute Gasteiger partial charge is 0.338 e. The van der Waals surface area contributed by atoms with Gasteiger partial charge in [-0.1, -0.05) is 18.2 Å². The zero-order valence-electron chi connectivity index (χ0n) is 12.9. The normalized spacial score (nSPS) is 34.7. The van der Waals surface area contributed by atoms with E-state index in [-0.39, 0.29) is 29.1 Å². The molecule has 0 radical (unpaired) electrons. The lowest BCUT2D eigenvalue weighted by molar-refractivity contribution is -0.306. The lowest BCUT2D eigenvalue weighted by Gasteiger charge is -2.61. The zero-order valence-corrected chi connectivity index (χ0v) is 12.9. The molecule has 0 spiro atoms. The number of fused-ring (bicyclic) bond motifs is 3. The van der Waals surface area contributed by atoms with Crippen molar-refractivity contribution in [2.24, 2.45) is 5.92 Å². The fourth-order valence-corrected chi connectivity index (χ4v) is 4.09. The van der Waals surface area contributed by atoms with E-state index in [9.17, 15) is 10.0 Å². The van der Waals surface area contributed by atoms with E-state index in [0.717, 1.165) is 12.8 Å². The third-order valence-electron chi connectivity index (χ3n) is 5.32. The monoisotopic (exact) mass is 289 g/mol. The summed E-state index contributed by atoms with van der Waals surface area (Å²) in [6.07, 6.45) is 2.48. The van der Waals surface area contributed by atoms with Crippen LogP contribution < -0.4 is 0 Å². The van der Waals surface area contributed by atoms with Crippen molar-refractivity contribution in [3.63, 3.8) is 0 Å². The third kappa shape index (κ3) is 2.27. The summed E-state index contributed by atoms with van der Waals surface area (Å²) in [5, 5.41) is 11.9. The van der Waals surface area contributed by atoms with Gasteiger partial charge >= 0.3 is 5.97 Å². The quantitative estimate of drug-likeness (QED) is 0.849. The number of ether oxygens (including phenoxy) is 1. The van der Waals surface area contributed by atoms with E-state index >= 15 is 0 Å². The molecule has 2 saturated heterocycles.